The molecule has 11 heteroatoms. The number of aromatic nitrogens is 1. The summed E-state index contributed by atoms with van der Waals surface area (Å²) in [6, 6.07) is 8.90. The number of thiazole rings is 1. The first-order valence-electron chi connectivity index (χ1n) is 18.9. The minimum atomic E-state index is -0.914. The van der Waals surface area contributed by atoms with Crippen molar-refractivity contribution < 1.29 is 29.0 Å². The second-order valence-corrected chi connectivity index (χ2v) is 16.2. The van der Waals surface area contributed by atoms with Gasteiger partial charge in [-0.05, 0) is 63.6 Å². The fraction of sp³-hybridized carbons (Fsp3) is 0.634. The summed E-state index contributed by atoms with van der Waals surface area (Å²) in [7, 11) is 3.84. The van der Waals surface area contributed by atoms with E-state index in [1.54, 1.807) is 12.3 Å². The summed E-state index contributed by atoms with van der Waals surface area (Å²) >= 11 is 1.33. The number of likely N-dealkylation sites (tertiary alicyclic amines) is 1. The van der Waals surface area contributed by atoms with Gasteiger partial charge in [0.05, 0.1) is 18.6 Å². The fourth-order valence-corrected chi connectivity index (χ4v) is 7.93. The Kier molecular flexibility index (Phi) is 17.1. The van der Waals surface area contributed by atoms with E-state index in [1.807, 2.05) is 56.3 Å². The molecular weight excluding hydrogens is 677 g/mol. The summed E-state index contributed by atoms with van der Waals surface area (Å²) in [5.41, 5.74) is 2.07. The minimum absolute atomic E-state index is 0.0298. The minimum Gasteiger partial charge on any atom is -0.481 e. The number of ether oxygens (including phenoxy) is 1. The number of nitrogens with zero attached hydrogens (tertiary/aromatic N) is 3. The monoisotopic (exact) mass is 738 g/mol. The van der Waals surface area contributed by atoms with Crippen molar-refractivity contribution in [2.75, 3.05) is 27.2 Å². The quantitative estimate of drug-likeness (QED) is 0.129. The number of benzene rings is 1. The van der Waals surface area contributed by atoms with Crippen LogP contribution in [0.1, 0.15) is 114 Å². The lowest BCUT2D eigenvalue weighted by Crippen LogP contribution is -2.48. The number of hydrogen-bond donors (Lipinski definition) is 2. The van der Waals surface area contributed by atoms with Gasteiger partial charge in [-0.25, -0.2) is 4.98 Å². The molecule has 1 fully saturated rings. The van der Waals surface area contributed by atoms with Crippen LogP contribution >= 0.6 is 11.3 Å². The lowest BCUT2D eigenvalue weighted by Gasteiger charge is -2.38. The van der Waals surface area contributed by atoms with Crippen molar-refractivity contribution in [2.24, 2.45) is 23.7 Å². The molecule has 2 aromatic rings. The number of rotatable bonds is 21. The average molecular weight is 739 g/mol. The zero-order valence-corrected chi connectivity index (χ0v) is 33.4. The van der Waals surface area contributed by atoms with Gasteiger partial charge in [-0.3, -0.25) is 24.1 Å². The molecule has 1 aliphatic rings. The summed E-state index contributed by atoms with van der Waals surface area (Å²) in [5, 5.41) is 14.9. The predicted molar refractivity (Wildman–Crippen MR) is 207 cm³/mol. The molecule has 0 bridgehead atoms. The van der Waals surface area contributed by atoms with Gasteiger partial charge in [0.2, 0.25) is 5.91 Å². The second-order valence-electron chi connectivity index (χ2n) is 15.3. The zero-order chi connectivity index (χ0) is 38.5. The van der Waals surface area contributed by atoms with Crippen LogP contribution in [-0.2, 0) is 25.5 Å². The van der Waals surface area contributed by atoms with E-state index in [4.69, 9.17) is 9.72 Å². The van der Waals surface area contributed by atoms with Crippen molar-refractivity contribution in [3.63, 3.8) is 0 Å². The molecule has 1 saturated heterocycles. The van der Waals surface area contributed by atoms with Crippen LogP contribution in [0.2, 0.25) is 0 Å². The molecule has 10 nitrogen and oxygen atoms in total. The molecule has 1 aromatic carbocycles. The van der Waals surface area contributed by atoms with E-state index < -0.39 is 30.0 Å². The standard InChI is InChI=1S/C41H62N4O6S/c1-10-28(6)32(22-36(46)34-18-14-15-19-44(34)8)40(48)45(9)35(27(4)5)23-37(51-24-26(2)3)39-43-33(25-52-39)38(47)42-31(20-29(7)41(49)50)21-30-16-12-11-13-17-30/h11-13,16-17,25,27-29,31-32,34-35,37H,2,10,14-15,18-24H2,1,3-9H3,(H,42,47)(H,49,50)/t28-,29-,31+,32-,34+,35+,37+/m0/s1. The topological polar surface area (TPSA) is 129 Å². The summed E-state index contributed by atoms with van der Waals surface area (Å²) in [6.45, 7) is 17.0. The van der Waals surface area contributed by atoms with E-state index in [1.165, 1.54) is 11.3 Å². The van der Waals surface area contributed by atoms with Crippen molar-refractivity contribution in [1.29, 1.82) is 0 Å². The smallest absolute Gasteiger partial charge is 0.306 e. The summed E-state index contributed by atoms with van der Waals surface area (Å²) in [5.74, 6) is -2.12. The Morgan fingerprint density at radius 1 is 1.12 bits per heavy atom. The molecule has 0 radical (unpaired) electrons. The van der Waals surface area contributed by atoms with Gasteiger partial charge >= 0.3 is 5.97 Å². The van der Waals surface area contributed by atoms with Gasteiger partial charge in [0.1, 0.15) is 16.8 Å². The second kappa shape index (κ2) is 20.7. The molecule has 2 heterocycles. The molecule has 7 atom stereocenters. The number of aliphatic carboxylic acids is 1. The molecule has 3 rings (SSSR count). The highest BCUT2D eigenvalue weighted by molar-refractivity contribution is 7.09. The van der Waals surface area contributed by atoms with Gasteiger partial charge in [0.15, 0.2) is 5.78 Å². The number of hydrogen-bond acceptors (Lipinski definition) is 8. The van der Waals surface area contributed by atoms with Gasteiger partial charge < -0.3 is 20.1 Å². The molecule has 1 aliphatic heterocycles. The van der Waals surface area contributed by atoms with Crippen molar-refractivity contribution in [3.05, 3.63) is 64.1 Å². The first kappa shape index (κ1) is 43.0. The SMILES string of the molecule is C=C(C)CO[C@H](C[C@H](C(C)C)N(C)C(=O)[C@@H](CC(=O)[C@H]1CCCCN1C)[C@@H](C)CC)c1nc(C(=O)N[C@@H](Cc2ccccc2)C[C@H](C)C(=O)O)cs1. The van der Waals surface area contributed by atoms with Gasteiger partial charge in [0, 0.05) is 43.3 Å². The number of likely N-dealkylation sites (N-methyl/N-ethyl adjacent to an activating group) is 1. The molecule has 0 aliphatic carbocycles. The molecule has 288 valence electrons. The number of carbonyl (C=O) groups excluding carboxylic acids is 3. The lowest BCUT2D eigenvalue weighted by atomic mass is 9.83. The Hall–Kier alpha value is -3.41. The summed E-state index contributed by atoms with van der Waals surface area (Å²) in [4.78, 5) is 61.8. The van der Waals surface area contributed by atoms with Gasteiger partial charge in [0.25, 0.3) is 5.91 Å². The van der Waals surface area contributed by atoms with Crippen molar-refractivity contribution >= 4 is 34.9 Å². The number of carboxylic acids is 1. The number of ketones is 1. The average Bonchev–Trinajstić information content (AvgIpc) is 3.60. The Morgan fingerprint density at radius 3 is 2.40 bits per heavy atom. The zero-order valence-electron chi connectivity index (χ0n) is 32.6. The summed E-state index contributed by atoms with van der Waals surface area (Å²) in [6.07, 6.45) is 4.67. The van der Waals surface area contributed by atoms with E-state index >= 15 is 0 Å². The van der Waals surface area contributed by atoms with E-state index in [0.717, 1.165) is 43.4 Å². The molecule has 2 amide bonds. The number of Topliss-reactive ketones (excluding diaryl/α,β-unsaturated/α-hetero) is 1. The van der Waals surface area contributed by atoms with Crippen LogP contribution in [0.3, 0.4) is 0 Å². The van der Waals surface area contributed by atoms with E-state index in [0.29, 0.717) is 24.5 Å². The van der Waals surface area contributed by atoms with E-state index in [-0.39, 0.29) is 60.1 Å². The van der Waals surface area contributed by atoms with E-state index in [2.05, 4.69) is 44.5 Å². The molecule has 52 heavy (non-hydrogen) atoms. The van der Waals surface area contributed by atoms with E-state index in [9.17, 15) is 24.3 Å². The molecular formula is C41H62N4O6S. The first-order chi connectivity index (χ1) is 24.6. The third kappa shape index (κ3) is 12.6. The van der Waals surface area contributed by atoms with Crippen molar-refractivity contribution in [2.45, 2.75) is 117 Å². The maximum absolute atomic E-state index is 14.3. The van der Waals surface area contributed by atoms with Crippen LogP contribution in [0, 0.1) is 23.7 Å². The van der Waals surface area contributed by atoms with Gasteiger partial charge in [-0.15, -0.1) is 11.3 Å². The highest BCUT2D eigenvalue weighted by Gasteiger charge is 2.37. The first-order valence-corrected chi connectivity index (χ1v) is 19.8. The number of carboxylic acid groups (broad SMARTS) is 1. The summed E-state index contributed by atoms with van der Waals surface area (Å²) < 4.78 is 6.37. The Morgan fingerprint density at radius 2 is 1.81 bits per heavy atom. The molecule has 1 aromatic heterocycles. The largest absolute Gasteiger partial charge is 0.481 e. The van der Waals surface area contributed by atoms with Crippen molar-refractivity contribution in [3.8, 4) is 0 Å². The number of amides is 2. The normalized spacial score (nSPS) is 18.5. The third-order valence-electron chi connectivity index (χ3n) is 10.6. The Labute approximate surface area is 315 Å². The van der Waals surface area contributed by atoms with Gasteiger partial charge in [-0.1, -0.05) is 89.9 Å². The Bertz CT molecular complexity index is 1480. The molecule has 0 unspecified atom stereocenters. The maximum Gasteiger partial charge on any atom is 0.306 e. The van der Waals surface area contributed by atoms with Crippen LogP contribution in [0.5, 0.6) is 0 Å². The van der Waals surface area contributed by atoms with Crippen molar-refractivity contribution in [1.82, 2.24) is 20.1 Å². The molecule has 2 N–H and O–H groups in total. The maximum atomic E-state index is 14.3. The van der Waals surface area contributed by atoms with Crippen LogP contribution in [0.4, 0.5) is 0 Å². The highest BCUT2D eigenvalue weighted by atomic mass is 32.1. The Balaban J connectivity index is 1.83. The number of nitrogens with one attached hydrogen (secondary N) is 1. The lowest BCUT2D eigenvalue weighted by molar-refractivity contribution is -0.143. The fourth-order valence-electron chi connectivity index (χ4n) is 7.07. The van der Waals surface area contributed by atoms with Gasteiger partial charge in [-0.2, -0.15) is 0 Å². The van der Waals surface area contributed by atoms with Crippen LogP contribution < -0.4 is 5.32 Å². The highest BCUT2D eigenvalue weighted by Crippen LogP contribution is 2.33. The predicted octanol–water partition coefficient (Wildman–Crippen LogP) is 7.21. The number of carbonyl (C=O) groups is 4. The molecule has 0 saturated carbocycles. The number of piperidine rings is 1. The van der Waals surface area contributed by atoms with Crippen LogP contribution in [0.25, 0.3) is 0 Å². The molecule has 0 spiro atoms. The van der Waals surface area contributed by atoms with Crippen LogP contribution in [-0.4, -0.2) is 88.8 Å². The third-order valence-corrected chi connectivity index (χ3v) is 11.5. The van der Waals surface area contributed by atoms with Crippen LogP contribution in [0.15, 0.2) is 47.9 Å².